The first-order chi connectivity index (χ1) is 8.74. The number of rotatable bonds is 7. The molecule has 1 aliphatic rings. The summed E-state index contributed by atoms with van der Waals surface area (Å²) in [5.41, 5.74) is 6.51. The summed E-state index contributed by atoms with van der Waals surface area (Å²) in [4.78, 5) is 0. The maximum absolute atomic E-state index is 6.11. The van der Waals surface area contributed by atoms with Gasteiger partial charge in [0, 0.05) is 6.61 Å². The Morgan fingerprint density at radius 3 is 2.47 bits per heavy atom. The monoisotopic (exact) mass is 269 g/mol. The molecule has 1 rings (SSSR count). The third-order valence-corrected chi connectivity index (χ3v) is 4.50. The van der Waals surface area contributed by atoms with Gasteiger partial charge in [0.15, 0.2) is 0 Å². The smallest absolute Gasteiger partial charge is 0.0582 e. The molecule has 2 atom stereocenters. The molecular weight excluding hydrogens is 234 g/mol. The van der Waals surface area contributed by atoms with Gasteiger partial charge in [-0.2, -0.15) is 0 Å². The largest absolute Gasteiger partial charge is 0.378 e. The molecule has 2 unspecified atom stereocenters. The van der Waals surface area contributed by atoms with Crippen molar-refractivity contribution in [3.63, 3.8) is 0 Å². The van der Waals surface area contributed by atoms with Crippen molar-refractivity contribution in [2.24, 2.45) is 22.5 Å². The van der Waals surface area contributed by atoms with Crippen LogP contribution >= 0.6 is 0 Å². The van der Waals surface area contributed by atoms with Gasteiger partial charge in [-0.25, -0.2) is 0 Å². The summed E-state index contributed by atoms with van der Waals surface area (Å²) in [7, 11) is 0. The van der Waals surface area contributed by atoms with E-state index in [0.717, 1.165) is 19.1 Å². The van der Waals surface area contributed by atoms with Crippen LogP contribution in [0, 0.1) is 16.7 Å². The first kappa shape index (κ1) is 17.0. The molecule has 1 saturated carbocycles. The highest BCUT2D eigenvalue weighted by atomic mass is 16.5. The summed E-state index contributed by atoms with van der Waals surface area (Å²) in [6.45, 7) is 13.3. The molecule has 0 bridgehead atoms. The molecule has 0 aromatic carbocycles. The number of unbranched alkanes of at least 4 members (excludes halogenated alkanes) is 1. The molecule has 0 aromatic rings. The number of ether oxygens (including phenoxy) is 1. The standard InChI is InChI=1S/C17H35NO/c1-14-10-15(12-17(4,5)11-14)19-9-7-6-8-16(2,3)13-18/h14-15H,6-13,18H2,1-5H3. The molecule has 2 heteroatoms. The van der Waals surface area contributed by atoms with Crippen molar-refractivity contribution >= 4 is 0 Å². The van der Waals surface area contributed by atoms with Crippen LogP contribution in [0.1, 0.15) is 73.1 Å². The van der Waals surface area contributed by atoms with Crippen LogP contribution in [0.2, 0.25) is 0 Å². The van der Waals surface area contributed by atoms with Gasteiger partial charge in [0.05, 0.1) is 6.10 Å². The van der Waals surface area contributed by atoms with Crippen molar-refractivity contribution in [2.45, 2.75) is 79.2 Å². The Hall–Kier alpha value is -0.0800. The van der Waals surface area contributed by atoms with Crippen molar-refractivity contribution in [3.8, 4) is 0 Å². The van der Waals surface area contributed by atoms with Crippen LogP contribution < -0.4 is 5.73 Å². The molecule has 19 heavy (non-hydrogen) atoms. The van der Waals surface area contributed by atoms with Crippen LogP contribution in [-0.4, -0.2) is 19.3 Å². The lowest BCUT2D eigenvalue weighted by Crippen LogP contribution is -2.32. The topological polar surface area (TPSA) is 35.2 Å². The normalized spacial score (nSPS) is 27.5. The average Bonchev–Trinajstić information content (AvgIpc) is 2.25. The van der Waals surface area contributed by atoms with Crippen molar-refractivity contribution in [1.29, 1.82) is 0 Å². The zero-order valence-corrected chi connectivity index (χ0v) is 13.8. The minimum absolute atomic E-state index is 0.293. The Balaban J connectivity index is 2.16. The van der Waals surface area contributed by atoms with E-state index >= 15 is 0 Å². The SMILES string of the molecule is CC1CC(OCCCCC(C)(C)CN)CC(C)(C)C1. The lowest BCUT2D eigenvalue weighted by atomic mass is 9.71. The molecule has 0 aliphatic heterocycles. The number of hydrogen-bond donors (Lipinski definition) is 1. The van der Waals surface area contributed by atoms with Gasteiger partial charge in [-0.3, -0.25) is 0 Å². The van der Waals surface area contributed by atoms with E-state index in [1.54, 1.807) is 0 Å². The molecular formula is C17H35NO. The second-order valence-electron chi connectivity index (χ2n) is 8.23. The van der Waals surface area contributed by atoms with Crippen LogP contribution in [0.15, 0.2) is 0 Å². The van der Waals surface area contributed by atoms with E-state index in [9.17, 15) is 0 Å². The Morgan fingerprint density at radius 1 is 1.21 bits per heavy atom. The second-order valence-corrected chi connectivity index (χ2v) is 8.23. The first-order valence-corrected chi connectivity index (χ1v) is 8.06. The van der Waals surface area contributed by atoms with Crippen molar-refractivity contribution in [3.05, 3.63) is 0 Å². The molecule has 0 radical (unpaired) electrons. The second kappa shape index (κ2) is 7.08. The number of hydrogen-bond acceptors (Lipinski definition) is 2. The molecule has 1 fully saturated rings. The fraction of sp³-hybridized carbons (Fsp3) is 1.00. The Morgan fingerprint density at radius 2 is 1.89 bits per heavy atom. The third-order valence-electron chi connectivity index (χ3n) is 4.50. The summed E-state index contributed by atoms with van der Waals surface area (Å²) in [5, 5.41) is 0. The van der Waals surface area contributed by atoms with Gasteiger partial charge in [-0.15, -0.1) is 0 Å². The summed E-state index contributed by atoms with van der Waals surface area (Å²) < 4.78 is 6.11. The molecule has 0 spiro atoms. The summed E-state index contributed by atoms with van der Waals surface area (Å²) in [5.74, 6) is 0.810. The van der Waals surface area contributed by atoms with E-state index in [0.29, 0.717) is 16.9 Å². The van der Waals surface area contributed by atoms with Gasteiger partial charge < -0.3 is 10.5 Å². The van der Waals surface area contributed by atoms with Crippen molar-refractivity contribution < 1.29 is 4.74 Å². The van der Waals surface area contributed by atoms with E-state index < -0.39 is 0 Å². The Bertz CT molecular complexity index is 260. The van der Waals surface area contributed by atoms with Gasteiger partial charge in [0.2, 0.25) is 0 Å². The molecule has 2 nitrogen and oxygen atoms in total. The lowest BCUT2D eigenvalue weighted by Gasteiger charge is -2.38. The fourth-order valence-electron chi connectivity index (χ4n) is 3.44. The predicted molar refractivity (Wildman–Crippen MR) is 83.2 cm³/mol. The van der Waals surface area contributed by atoms with Crippen LogP contribution in [0.3, 0.4) is 0 Å². The van der Waals surface area contributed by atoms with Crippen LogP contribution in [0.25, 0.3) is 0 Å². The lowest BCUT2D eigenvalue weighted by molar-refractivity contribution is -0.0244. The van der Waals surface area contributed by atoms with Crippen LogP contribution in [-0.2, 0) is 4.74 Å². The molecule has 0 aromatic heterocycles. The van der Waals surface area contributed by atoms with E-state index in [2.05, 4.69) is 34.6 Å². The summed E-state index contributed by atoms with van der Waals surface area (Å²) >= 11 is 0. The highest BCUT2D eigenvalue weighted by Crippen LogP contribution is 2.39. The van der Waals surface area contributed by atoms with E-state index in [4.69, 9.17) is 10.5 Å². The van der Waals surface area contributed by atoms with Gasteiger partial charge in [0.1, 0.15) is 0 Å². The van der Waals surface area contributed by atoms with Gasteiger partial charge in [-0.05, 0) is 55.4 Å². The van der Waals surface area contributed by atoms with Crippen molar-refractivity contribution in [1.82, 2.24) is 0 Å². The van der Waals surface area contributed by atoms with E-state index in [1.807, 2.05) is 0 Å². The maximum atomic E-state index is 6.11. The molecule has 114 valence electrons. The van der Waals surface area contributed by atoms with E-state index in [-0.39, 0.29) is 0 Å². The van der Waals surface area contributed by atoms with Crippen molar-refractivity contribution in [2.75, 3.05) is 13.2 Å². The van der Waals surface area contributed by atoms with Gasteiger partial charge in [-0.1, -0.05) is 41.0 Å². The van der Waals surface area contributed by atoms with Gasteiger partial charge in [0.25, 0.3) is 0 Å². The van der Waals surface area contributed by atoms with E-state index in [1.165, 1.54) is 38.5 Å². The molecule has 2 N–H and O–H groups in total. The average molecular weight is 269 g/mol. The Labute approximate surface area is 120 Å². The fourth-order valence-corrected chi connectivity index (χ4v) is 3.44. The highest BCUT2D eigenvalue weighted by molar-refractivity contribution is 4.83. The summed E-state index contributed by atoms with van der Waals surface area (Å²) in [6.07, 6.45) is 7.92. The number of nitrogens with two attached hydrogens (primary N) is 1. The third kappa shape index (κ3) is 6.76. The zero-order chi connectivity index (χ0) is 14.5. The maximum Gasteiger partial charge on any atom is 0.0582 e. The highest BCUT2D eigenvalue weighted by Gasteiger charge is 2.32. The minimum Gasteiger partial charge on any atom is -0.378 e. The first-order valence-electron chi connectivity index (χ1n) is 8.06. The van der Waals surface area contributed by atoms with Gasteiger partial charge >= 0.3 is 0 Å². The van der Waals surface area contributed by atoms with Crippen LogP contribution in [0.5, 0.6) is 0 Å². The minimum atomic E-state index is 0.293. The molecule has 0 saturated heterocycles. The predicted octanol–water partition coefficient (Wildman–Crippen LogP) is 4.37. The van der Waals surface area contributed by atoms with Crippen LogP contribution in [0.4, 0.5) is 0 Å². The molecule has 0 heterocycles. The Kier molecular flexibility index (Phi) is 6.32. The quantitative estimate of drug-likeness (QED) is 0.696. The summed E-state index contributed by atoms with van der Waals surface area (Å²) in [6, 6.07) is 0. The molecule has 1 aliphatic carbocycles. The molecule has 0 amide bonds. The zero-order valence-electron chi connectivity index (χ0n) is 13.8.